The second-order valence-electron chi connectivity index (χ2n) is 6.43. The van der Waals surface area contributed by atoms with Gasteiger partial charge in [0.15, 0.2) is 0 Å². The lowest BCUT2D eigenvalue weighted by Gasteiger charge is -2.30. The highest BCUT2D eigenvalue weighted by molar-refractivity contribution is 5.93. The van der Waals surface area contributed by atoms with Crippen LogP contribution in [0.2, 0.25) is 0 Å². The first-order valence-corrected chi connectivity index (χ1v) is 8.33. The van der Waals surface area contributed by atoms with Crippen molar-refractivity contribution in [3.8, 4) is 22.9 Å². The van der Waals surface area contributed by atoms with Gasteiger partial charge >= 0.3 is 0 Å². The maximum atomic E-state index is 13.9. The number of anilines is 1. The van der Waals surface area contributed by atoms with Gasteiger partial charge in [0.05, 0.1) is 18.4 Å². The van der Waals surface area contributed by atoms with Crippen LogP contribution < -0.4 is 10.1 Å². The smallest absolute Gasteiger partial charge is 0.221 e. The predicted octanol–water partition coefficient (Wildman–Crippen LogP) is 3.32. The monoisotopic (exact) mass is 353 g/mol. The number of nitrogens with one attached hydrogen (secondary N) is 1. The van der Waals surface area contributed by atoms with Crippen molar-refractivity contribution in [2.24, 2.45) is 0 Å². The van der Waals surface area contributed by atoms with Gasteiger partial charge in [-0.15, -0.1) is 0 Å². The van der Waals surface area contributed by atoms with E-state index in [1.807, 2.05) is 7.05 Å². The van der Waals surface area contributed by atoms with Gasteiger partial charge in [-0.1, -0.05) is 0 Å². The van der Waals surface area contributed by atoms with Crippen LogP contribution in [0, 0.1) is 17.1 Å². The fraction of sp³-hybridized carbons (Fsp3) is 0.300. The van der Waals surface area contributed by atoms with Crippen molar-refractivity contribution < 1.29 is 13.9 Å². The number of likely N-dealkylation sites (N-methyl/N-ethyl adjacent to an activating group) is 1. The Morgan fingerprint density at radius 3 is 2.73 bits per heavy atom. The molecule has 26 heavy (non-hydrogen) atoms. The molecule has 1 amide bonds. The molecule has 0 spiro atoms. The zero-order chi connectivity index (χ0) is 18.8. The highest BCUT2D eigenvalue weighted by Crippen LogP contribution is 2.40. The minimum absolute atomic E-state index is 0.229. The number of hydrogen-bond acceptors (Lipinski definition) is 4. The molecule has 5 nitrogen and oxygen atoms in total. The normalized spacial score (nSPS) is 13.7. The number of nitriles is 1. The van der Waals surface area contributed by atoms with E-state index in [4.69, 9.17) is 4.74 Å². The number of fused-ring (bicyclic) bond motifs is 1. The fourth-order valence-corrected chi connectivity index (χ4v) is 3.43. The van der Waals surface area contributed by atoms with Gasteiger partial charge in [0.25, 0.3) is 0 Å². The number of halogens is 1. The molecule has 6 heteroatoms. The van der Waals surface area contributed by atoms with Gasteiger partial charge in [-0.25, -0.2) is 4.39 Å². The number of amides is 1. The molecule has 0 unspecified atom stereocenters. The Morgan fingerprint density at radius 1 is 1.31 bits per heavy atom. The zero-order valence-electron chi connectivity index (χ0n) is 15.0. The summed E-state index contributed by atoms with van der Waals surface area (Å²) in [5.74, 6) is -0.0522. The highest BCUT2D eigenvalue weighted by atomic mass is 19.1. The molecule has 134 valence electrons. The first-order chi connectivity index (χ1) is 12.4. The lowest BCUT2D eigenvalue weighted by atomic mass is 9.87. The number of carbonyl (C=O) groups is 1. The van der Waals surface area contributed by atoms with Crippen LogP contribution in [0.25, 0.3) is 11.1 Å². The van der Waals surface area contributed by atoms with E-state index < -0.39 is 0 Å². The van der Waals surface area contributed by atoms with E-state index in [-0.39, 0.29) is 11.7 Å². The van der Waals surface area contributed by atoms with Gasteiger partial charge in [-0.3, -0.25) is 4.79 Å². The first kappa shape index (κ1) is 17.9. The van der Waals surface area contributed by atoms with E-state index in [0.717, 1.165) is 29.7 Å². The van der Waals surface area contributed by atoms with Gasteiger partial charge in [0.1, 0.15) is 17.6 Å². The third kappa shape index (κ3) is 3.26. The number of ether oxygens (including phenoxy) is 1. The molecule has 0 bridgehead atoms. The summed E-state index contributed by atoms with van der Waals surface area (Å²) in [7, 11) is 3.52. The van der Waals surface area contributed by atoms with Gasteiger partial charge in [-0.2, -0.15) is 5.26 Å². The maximum absolute atomic E-state index is 13.9. The van der Waals surface area contributed by atoms with Crippen molar-refractivity contribution in [2.45, 2.75) is 19.9 Å². The van der Waals surface area contributed by atoms with E-state index in [9.17, 15) is 14.4 Å². The molecule has 0 atom stereocenters. The summed E-state index contributed by atoms with van der Waals surface area (Å²) in [6.45, 7) is 2.86. The molecule has 0 fully saturated rings. The third-order valence-corrected chi connectivity index (χ3v) is 4.59. The van der Waals surface area contributed by atoms with Crippen molar-refractivity contribution in [2.75, 3.05) is 26.0 Å². The molecule has 0 saturated heterocycles. The number of methoxy groups -OCH3 is 1. The Hall–Kier alpha value is -2.91. The molecule has 0 aliphatic carbocycles. The highest BCUT2D eigenvalue weighted by Gasteiger charge is 2.25. The van der Waals surface area contributed by atoms with Crippen molar-refractivity contribution in [1.82, 2.24) is 4.90 Å². The molecule has 1 heterocycles. The lowest BCUT2D eigenvalue weighted by Crippen LogP contribution is -2.28. The summed E-state index contributed by atoms with van der Waals surface area (Å²) in [5, 5.41) is 12.4. The number of nitrogens with zero attached hydrogens (tertiary/aromatic N) is 2. The summed E-state index contributed by atoms with van der Waals surface area (Å²) in [5.41, 5.74) is 4.19. The van der Waals surface area contributed by atoms with Gasteiger partial charge in [0, 0.05) is 25.6 Å². The van der Waals surface area contributed by atoms with E-state index in [1.54, 1.807) is 12.1 Å². The van der Waals surface area contributed by atoms with Gasteiger partial charge in [0.2, 0.25) is 5.91 Å². The number of carbonyl (C=O) groups excluding carboxylic acids is 1. The molecule has 1 aliphatic rings. The summed E-state index contributed by atoms with van der Waals surface area (Å²) in [6, 6.07) is 8.23. The molecular formula is C20H20FN3O2. The largest absolute Gasteiger partial charge is 0.496 e. The van der Waals surface area contributed by atoms with Crippen LogP contribution in [0.3, 0.4) is 0 Å². The Kier molecular flexibility index (Phi) is 4.92. The number of rotatable bonds is 3. The van der Waals surface area contributed by atoms with E-state index in [1.165, 1.54) is 26.2 Å². The molecule has 1 N–H and O–H groups in total. The average Bonchev–Trinajstić information content (AvgIpc) is 2.61. The Morgan fingerprint density at radius 2 is 2.08 bits per heavy atom. The van der Waals surface area contributed by atoms with E-state index in [2.05, 4.69) is 16.3 Å². The summed E-state index contributed by atoms with van der Waals surface area (Å²) in [4.78, 5) is 13.8. The van der Waals surface area contributed by atoms with Crippen LogP contribution in [0.4, 0.5) is 10.1 Å². The molecule has 2 aromatic rings. The van der Waals surface area contributed by atoms with Crippen molar-refractivity contribution in [3.63, 3.8) is 0 Å². The quantitative estimate of drug-likeness (QED) is 0.919. The first-order valence-electron chi connectivity index (χ1n) is 8.33. The lowest BCUT2D eigenvalue weighted by molar-refractivity contribution is -0.114. The maximum Gasteiger partial charge on any atom is 0.221 e. The van der Waals surface area contributed by atoms with Crippen LogP contribution in [0.5, 0.6) is 5.75 Å². The van der Waals surface area contributed by atoms with Gasteiger partial charge < -0.3 is 15.0 Å². The third-order valence-electron chi connectivity index (χ3n) is 4.59. The van der Waals surface area contributed by atoms with Crippen LogP contribution in [0.15, 0.2) is 24.3 Å². The Bertz CT molecular complexity index is 918. The second-order valence-corrected chi connectivity index (χ2v) is 6.43. The minimum Gasteiger partial charge on any atom is -0.496 e. The molecular weight excluding hydrogens is 333 g/mol. The van der Waals surface area contributed by atoms with Crippen molar-refractivity contribution in [3.05, 3.63) is 46.8 Å². The molecule has 0 saturated carbocycles. The molecule has 0 aromatic heterocycles. The fourth-order valence-electron chi connectivity index (χ4n) is 3.43. The SMILES string of the molecule is COc1ccc(F)cc1-c1cc(C#N)c(NC(C)=O)c2c1CCN(C)C2. The van der Waals surface area contributed by atoms with Gasteiger partial charge in [-0.05, 0) is 54.4 Å². The second kappa shape index (κ2) is 7.14. The minimum atomic E-state index is -0.369. The Balaban J connectivity index is 2.31. The Labute approximate surface area is 152 Å². The van der Waals surface area contributed by atoms with Crippen molar-refractivity contribution in [1.29, 1.82) is 5.26 Å². The van der Waals surface area contributed by atoms with E-state index >= 15 is 0 Å². The number of hydrogen-bond donors (Lipinski definition) is 1. The van der Waals surface area contributed by atoms with Crippen LogP contribution in [-0.4, -0.2) is 31.5 Å². The van der Waals surface area contributed by atoms with Crippen LogP contribution >= 0.6 is 0 Å². The van der Waals surface area contributed by atoms with Crippen molar-refractivity contribution >= 4 is 11.6 Å². The van der Waals surface area contributed by atoms with E-state index in [0.29, 0.717) is 29.1 Å². The number of benzene rings is 2. The molecule has 1 aliphatic heterocycles. The van der Waals surface area contributed by atoms with Crippen LogP contribution in [-0.2, 0) is 17.8 Å². The molecule has 3 rings (SSSR count). The molecule has 2 aromatic carbocycles. The average molecular weight is 353 g/mol. The van der Waals surface area contributed by atoms with Crippen LogP contribution in [0.1, 0.15) is 23.6 Å². The predicted molar refractivity (Wildman–Crippen MR) is 97.4 cm³/mol. The topological polar surface area (TPSA) is 65.4 Å². The summed E-state index contributed by atoms with van der Waals surface area (Å²) < 4.78 is 19.3. The summed E-state index contributed by atoms with van der Waals surface area (Å²) >= 11 is 0. The zero-order valence-corrected chi connectivity index (χ0v) is 15.0. The summed E-state index contributed by atoms with van der Waals surface area (Å²) in [6.07, 6.45) is 0.735. The standard InChI is InChI=1S/C20H20FN3O2/c1-12(25)23-20-13(10-22)8-16(15-6-7-24(2)11-18(15)20)17-9-14(21)4-5-19(17)26-3/h4-5,8-9H,6-7,11H2,1-3H3,(H,23,25). The molecule has 0 radical (unpaired) electrons.